The van der Waals surface area contributed by atoms with E-state index in [-0.39, 0.29) is 5.91 Å². The van der Waals surface area contributed by atoms with Gasteiger partial charge in [-0.1, -0.05) is 15.9 Å². The number of nitrogens with zero attached hydrogens (tertiary/aromatic N) is 1. The Balaban J connectivity index is 2.41. The molecule has 0 spiro atoms. The number of anilines is 1. The Morgan fingerprint density at radius 1 is 1.60 bits per heavy atom. The summed E-state index contributed by atoms with van der Waals surface area (Å²) in [5.74, 6) is 0.327. The standard InChI is InChI=1S/C10H11BrN2O2/c1-10(2)9(14)13-7-3-6(4-11)5-12-8(7)15-10/h3,5H,4H2,1-2H3,(H,13,14). The van der Waals surface area contributed by atoms with Crippen LogP contribution in [0.15, 0.2) is 12.3 Å². The first-order valence-corrected chi connectivity index (χ1v) is 5.70. The number of fused-ring (bicyclic) bond motifs is 1. The third kappa shape index (κ3) is 1.84. The maximum Gasteiger partial charge on any atom is 0.268 e. The lowest BCUT2D eigenvalue weighted by molar-refractivity contribution is -0.129. The van der Waals surface area contributed by atoms with Crippen molar-refractivity contribution in [1.29, 1.82) is 0 Å². The highest BCUT2D eigenvalue weighted by Crippen LogP contribution is 2.32. The second kappa shape index (κ2) is 3.48. The van der Waals surface area contributed by atoms with Crippen LogP contribution in [0.3, 0.4) is 0 Å². The van der Waals surface area contributed by atoms with E-state index >= 15 is 0 Å². The highest BCUT2D eigenvalue weighted by molar-refractivity contribution is 9.08. The van der Waals surface area contributed by atoms with E-state index in [4.69, 9.17) is 4.74 Å². The molecule has 1 aliphatic heterocycles. The monoisotopic (exact) mass is 270 g/mol. The minimum atomic E-state index is -0.851. The van der Waals surface area contributed by atoms with Gasteiger partial charge in [-0.25, -0.2) is 4.98 Å². The maximum absolute atomic E-state index is 11.6. The Hall–Kier alpha value is -1.10. The Morgan fingerprint density at radius 2 is 2.33 bits per heavy atom. The second-order valence-electron chi connectivity index (χ2n) is 3.90. The quantitative estimate of drug-likeness (QED) is 0.796. The molecule has 2 rings (SSSR count). The maximum atomic E-state index is 11.6. The topological polar surface area (TPSA) is 51.2 Å². The van der Waals surface area contributed by atoms with Crippen LogP contribution in [0.5, 0.6) is 5.88 Å². The number of halogens is 1. The number of rotatable bonds is 1. The summed E-state index contributed by atoms with van der Waals surface area (Å²) in [7, 11) is 0. The summed E-state index contributed by atoms with van der Waals surface area (Å²) in [4.78, 5) is 15.8. The molecule has 1 N–H and O–H groups in total. The summed E-state index contributed by atoms with van der Waals surface area (Å²) in [5, 5.41) is 3.48. The van der Waals surface area contributed by atoms with Crippen molar-refractivity contribution in [3.05, 3.63) is 17.8 Å². The van der Waals surface area contributed by atoms with Gasteiger partial charge >= 0.3 is 0 Å². The zero-order valence-corrected chi connectivity index (χ0v) is 10.1. The molecule has 0 aromatic carbocycles. The van der Waals surface area contributed by atoms with Crippen LogP contribution >= 0.6 is 15.9 Å². The van der Waals surface area contributed by atoms with Crippen LogP contribution in [0.2, 0.25) is 0 Å². The van der Waals surface area contributed by atoms with Crippen molar-refractivity contribution in [2.24, 2.45) is 0 Å². The van der Waals surface area contributed by atoms with Crippen molar-refractivity contribution >= 4 is 27.5 Å². The summed E-state index contributed by atoms with van der Waals surface area (Å²) in [6.07, 6.45) is 1.72. The van der Waals surface area contributed by atoms with Gasteiger partial charge in [0.1, 0.15) is 5.69 Å². The van der Waals surface area contributed by atoms with Crippen LogP contribution < -0.4 is 10.1 Å². The zero-order valence-electron chi connectivity index (χ0n) is 8.50. The molecule has 80 valence electrons. The van der Waals surface area contributed by atoms with E-state index in [9.17, 15) is 4.79 Å². The molecule has 0 atom stereocenters. The molecule has 1 aliphatic rings. The predicted octanol–water partition coefficient (Wildman–Crippen LogP) is 2.09. The van der Waals surface area contributed by atoms with E-state index in [0.29, 0.717) is 16.9 Å². The molecule has 0 bridgehead atoms. The van der Waals surface area contributed by atoms with E-state index in [0.717, 1.165) is 5.56 Å². The van der Waals surface area contributed by atoms with Crippen molar-refractivity contribution in [2.45, 2.75) is 24.8 Å². The minimum Gasteiger partial charge on any atom is -0.460 e. The fourth-order valence-electron chi connectivity index (χ4n) is 1.30. The van der Waals surface area contributed by atoms with Gasteiger partial charge in [-0.05, 0) is 25.5 Å². The number of carbonyl (C=O) groups is 1. The minimum absolute atomic E-state index is 0.150. The van der Waals surface area contributed by atoms with Gasteiger partial charge in [-0.15, -0.1) is 0 Å². The Kier molecular flexibility index (Phi) is 2.42. The van der Waals surface area contributed by atoms with Gasteiger partial charge < -0.3 is 10.1 Å². The highest BCUT2D eigenvalue weighted by Gasteiger charge is 2.36. The van der Waals surface area contributed by atoms with Crippen molar-refractivity contribution in [3.8, 4) is 5.88 Å². The van der Waals surface area contributed by atoms with Crippen molar-refractivity contribution in [3.63, 3.8) is 0 Å². The summed E-state index contributed by atoms with van der Waals surface area (Å²) in [6.45, 7) is 3.43. The third-order valence-electron chi connectivity index (χ3n) is 2.21. The Bertz CT molecular complexity index is 418. The number of hydrogen-bond donors (Lipinski definition) is 1. The number of carbonyl (C=O) groups excluding carboxylic acids is 1. The molecule has 0 saturated carbocycles. The smallest absolute Gasteiger partial charge is 0.268 e. The molecule has 0 saturated heterocycles. The number of nitrogens with one attached hydrogen (secondary N) is 1. The molecule has 0 unspecified atom stereocenters. The van der Waals surface area contributed by atoms with Gasteiger partial charge in [0.2, 0.25) is 5.88 Å². The van der Waals surface area contributed by atoms with Gasteiger partial charge in [0.05, 0.1) is 0 Å². The fourth-order valence-corrected chi connectivity index (χ4v) is 1.61. The lowest BCUT2D eigenvalue weighted by atomic mass is 10.1. The largest absolute Gasteiger partial charge is 0.460 e. The molecule has 1 amide bonds. The first-order valence-electron chi connectivity index (χ1n) is 4.58. The van der Waals surface area contributed by atoms with Crippen LogP contribution in [-0.2, 0) is 10.1 Å². The molecular formula is C10H11BrN2O2. The van der Waals surface area contributed by atoms with E-state index in [1.165, 1.54) is 0 Å². The van der Waals surface area contributed by atoms with Crippen LogP contribution in [0.1, 0.15) is 19.4 Å². The molecule has 1 aromatic heterocycles. The number of amides is 1. The van der Waals surface area contributed by atoms with E-state index in [2.05, 4.69) is 26.2 Å². The Labute approximate surface area is 96.2 Å². The molecular weight excluding hydrogens is 260 g/mol. The van der Waals surface area contributed by atoms with Gasteiger partial charge in [0, 0.05) is 11.5 Å². The zero-order chi connectivity index (χ0) is 11.1. The van der Waals surface area contributed by atoms with Gasteiger partial charge in [0.15, 0.2) is 5.60 Å². The molecule has 4 nitrogen and oxygen atoms in total. The van der Waals surface area contributed by atoms with Crippen molar-refractivity contribution in [1.82, 2.24) is 4.98 Å². The van der Waals surface area contributed by atoms with Gasteiger partial charge in [-0.3, -0.25) is 4.79 Å². The number of ether oxygens (including phenoxy) is 1. The lowest BCUT2D eigenvalue weighted by Crippen LogP contribution is -2.46. The second-order valence-corrected chi connectivity index (χ2v) is 4.46. The summed E-state index contributed by atoms with van der Waals surface area (Å²) >= 11 is 3.33. The fraction of sp³-hybridized carbons (Fsp3) is 0.400. The number of aromatic nitrogens is 1. The van der Waals surface area contributed by atoms with Gasteiger partial charge in [0.25, 0.3) is 5.91 Å². The average molecular weight is 271 g/mol. The summed E-state index contributed by atoms with van der Waals surface area (Å²) < 4.78 is 5.49. The average Bonchev–Trinajstić information content (AvgIpc) is 2.19. The van der Waals surface area contributed by atoms with E-state index in [1.807, 2.05) is 6.07 Å². The summed E-state index contributed by atoms with van der Waals surface area (Å²) in [6, 6.07) is 1.85. The van der Waals surface area contributed by atoms with E-state index in [1.54, 1.807) is 20.0 Å². The first-order chi connectivity index (χ1) is 7.03. The Morgan fingerprint density at radius 3 is 3.00 bits per heavy atom. The molecule has 0 radical (unpaired) electrons. The number of pyridine rings is 1. The number of hydrogen-bond acceptors (Lipinski definition) is 3. The molecule has 0 fully saturated rings. The number of alkyl halides is 1. The van der Waals surface area contributed by atoms with Crippen molar-refractivity contribution in [2.75, 3.05) is 5.32 Å². The normalized spacial score (nSPS) is 17.7. The molecule has 0 aliphatic carbocycles. The SMILES string of the molecule is CC1(C)Oc2ncc(CBr)cc2NC1=O. The first kappa shape index (κ1) is 10.4. The van der Waals surface area contributed by atoms with Crippen LogP contribution in [0, 0.1) is 0 Å². The lowest BCUT2D eigenvalue weighted by Gasteiger charge is -2.30. The van der Waals surface area contributed by atoms with E-state index < -0.39 is 5.60 Å². The van der Waals surface area contributed by atoms with Crippen LogP contribution in [0.25, 0.3) is 0 Å². The molecule has 5 heteroatoms. The molecule has 15 heavy (non-hydrogen) atoms. The predicted molar refractivity (Wildman–Crippen MR) is 60.2 cm³/mol. The van der Waals surface area contributed by atoms with Gasteiger partial charge in [-0.2, -0.15) is 0 Å². The highest BCUT2D eigenvalue weighted by atomic mass is 79.9. The molecule has 1 aromatic rings. The van der Waals surface area contributed by atoms with Crippen LogP contribution in [0.4, 0.5) is 5.69 Å². The van der Waals surface area contributed by atoms with Crippen LogP contribution in [-0.4, -0.2) is 16.5 Å². The molecule has 2 heterocycles. The van der Waals surface area contributed by atoms with Crippen molar-refractivity contribution < 1.29 is 9.53 Å². The summed E-state index contributed by atoms with van der Waals surface area (Å²) in [5.41, 5.74) is 0.782. The third-order valence-corrected chi connectivity index (χ3v) is 2.86.